The number of nitrogens with two attached hydrogens (primary N) is 1. The largest absolute Gasteiger partial charge is 0.327 e. The molecule has 0 aromatic heterocycles. The molecule has 0 aliphatic heterocycles. The van der Waals surface area contributed by atoms with Crippen LogP contribution in [0.2, 0.25) is 0 Å². The van der Waals surface area contributed by atoms with Crippen LogP contribution in [0, 0.1) is 5.41 Å². The minimum absolute atomic E-state index is 0.350. The number of hydrogen-bond donors (Lipinski definition) is 1. The molecule has 0 amide bonds. The third-order valence-electron chi connectivity index (χ3n) is 4.22. The van der Waals surface area contributed by atoms with Crippen molar-refractivity contribution in [2.45, 2.75) is 69.1 Å². The first kappa shape index (κ1) is 14.9. The van der Waals surface area contributed by atoms with Gasteiger partial charge in [-0.1, -0.05) is 39.8 Å². The van der Waals surface area contributed by atoms with Crippen molar-refractivity contribution in [3.05, 3.63) is 29.8 Å². The Hall–Kier alpha value is -0.470. The lowest BCUT2D eigenvalue weighted by molar-refractivity contribution is 0.232. The van der Waals surface area contributed by atoms with Gasteiger partial charge in [-0.3, -0.25) is 0 Å². The Balaban J connectivity index is 2.03. The van der Waals surface area contributed by atoms with Gasteiger partial charge in [-0.2, -0.15) is 0 Å². The molecule has 0 spiro atoms. The summed E-state index contributed by atoms with van der Waals surface area (Å²) in [7, 11) is 0. The molecule has 1 aromatic rings. The van der Waals surface area contributed by atoms with Crippen molar-refractivity contribution < 1.29 is 0 Å². The molecule has 1 aliphatic carbocycles. The van der Waals surface area contributed by atoms with E-state index in [9.17, 15) is 0 Å². The second-order valence-electron chi connectivity index (χ2n) is 6.95. The molecule has 2 rings (SSSR count). The number of rotatable bonds is 3. The first-order valence-corrected chi connectivity index (χ1v) is 8.27. The fourth-order valence-electron chi connectivity index (χ4n) is 2.78. The number of benzene rings is 1. The molecule has 1 aromatic carbocycles. The molecule has 0 heterocycles. The molecule has 0 radical (unpaired) electrons. The summed E-state index contributed by atoms with van der Waals surface area (Å²) >= 11 is 1.97. The molecule has 1 aliphatic rings. The van der Waals surface area contributed by atoms with Crippen LogP contribution in [0.1, 0.15) is 58.4 Å². The smallest absolute Gasteiger partial charge is 0.0251 e. The zero-order chi connectivity index (χ0) is 14.0. The lowest BCUT2D eigenvalue weighted by atomic mass is 9.75. The Labute approximate surface area is 122 Å². The Morgan fingerprint density at radius 3 is 2.42 bits per heavy atom. The van der Waals surface area contributed by atoms with E-state index in [0.29, 0.717) is 22.6 Å². The van der Waals surface area contributed by atoms with Crippen LogP contribution in [0.4, 0.5) is 0 Å². The van der Waals surface area contributed by atoms with Crippen molar-refractivity contribution in [3.8, 4) is 0 Å². The molecule has 2 atom stereocenters. The maximum Gasteiger partial charge on any atom is 0.0251 e. The van der Waals surface area contributed by atoms with E-state index >= 15 is 0 Å². The Kier molecular flexibility index (Phi) is 4.62. The van der Waals surface area contributed by atoms with Crippen molar-refractivity contribution in [1.82, 2.24) is 0 Å². The summed E-state index contributed by atoms with van der Waals surface area (Å²) in [6.07, 6.45) is 3.65. The summed E-state index contributed by atoms with van der Waals surface area (Å²) in [4.78, 5) is 1.36. The monoisotopic (exact) mass is 277 g/mol. The molecule has 2 unspecified atom stereocenters. The predicted octanol–water partition coefficient (Wildman–Crippen LogP) is 4.81. The molecule has 19 heavy (non-hydrogen) atoms. The molecular weight excluding hydrogens is 250 g/mol. The van der Waals surface area contributed by atoms with Gasteiger partial charge in [0.25, 0.3) is 0 Å². The third-order valence-corrected chi connectivity index (χ3v) is 5.58. The van der Waals surface area contributed by atoms with Crippen molar-refractivity contribution in [2.75, 3.05) is 0 Å². The zero-order valence-electron chi connectivity index (χ0n) is 12.6. The molecule has 1 saturated carbocycles. The highest BCUT2D eigenvalue weighted by Crippen LogP contribution is 2.42. The molecule has 106 valence electrons. The van der Waals surface area contributed by atoms with Crippen LogP contribution in [-0.4, -0.2) is 11.3 Å². The van der Waals surface area contributed by atoms with Crippen molar-refractivity contribution in [1.29, 1.82) is 0 Å². The number of hydrogen-bond acceptors (Lipinski definition) is 2. The standard InChI is InChI=1S/C17H27NS/c1-12(2)13-5-7-14(8-6-13)19-16-11-17(3,4)10-9-15(16)18/h5-8,12,15-16H,9-11,18H2,1-4H3. The van der Waals surface area contributed by atoms with Gasteiger partial charge in [0.15, 0.2) is 0 Å². The SMILES string of the molecule is CC(C)c1ccc(SC2CC(C)(C)CCC2N)cc1. The molecular formula is C17H27NS. The lowest BCUT2D eigenvalue weighted by Crippen LogP contribution is -2.41. The maximum atomic E-state index is 6.31. The zero-order valence-corrected chi connectivity index (χ0v) is 13.5. The summed E-state index contributed by atoms with van der Waals surface area (Å²) in [6.45, 7) is 9.21. The van der Waals surface area contributed by atoms with E-state index in [1.54, 1.807) is 0 Å². The Bertz CT molecular complexity index is 408. The Morgan fingerprint density at radius 2 is 1.84 bits per heavy atom. The fraction of sp³-hybridized carbons (Fsp3) is 0.647. The summed E-state index contributed by atoms with van der Waals surface area (Å²) in [6, 6.07) is 9.38. The highest BCUT2D eigenvalue weighted by Gasteiger charge is 2.33. The van der Waals surface area contributed by atoms with E-state index < -0.39 is 0 Å². The average Bonchev–Trinajstić information content (AvgIpc) is 2.34. The van der Waals surface area contributed by atoms with Gasteiger partial charge in [-0.15, -0.1) is 11.8 Å². The van der Waals surface area contributed by atoms with E-state index in [1.165, 1.54) is 23.3 Å². The summed E-state index contributed by atoms with van der Waals surface area (Å²) in [5.41, 5.74) is 8.17. The minimum atomic E-state index is 0.350. The quantitative estimate of drug-likeness (QED) is 0.858. The number of thioether (sulfide) groups is 1. The van der Waals surface area contributed by atoms with Crippen LogP contribution in [0.5, 0.6) is 0 Å². The van der Waals surface area contributed by atoms with E-state index in [2.05, 4.69) is 52.0 Å². The average molecular weight is 277 g/mol. The van der Waals surface area contributed by atoms with Crippen LogP contribution in [-0.2, 0) is 0 Å². The van der Waals surface area contributed by atoms with Gasteiger partial charge in [0.2, 0.25) is 0 Å². The first-order chi connectivity index (χ1) is 8.87. The first-order valence-electron chi connectivity index (χ1n) is 7.39. The maximum absolute atomic E-state index is 6.31. The van der Waals surface area contributed by atoms with Gasteiger partial charge in [-0.05, 0) is 48.3 Å². The van der Waals surface area contributed by atoms with Crippen LogP contribution >= 0.6 is 11.8 Å². The molecule has 1 nitrogen and oxygen atoms in total. The molecule has 2 N–H and O–H groups in total. The highest BCUT2D eigenvalue weighted by atomic mass is 32.2. The lowest BCUT2D eigenvalue weighted by Gasteiger charge is -2.38. The van der Waals surface area contributed by atoms with Gasteiger partial charge in [0.1, 0.15) is 0 Å². The van der Waals surface area contributed by atoms with Crippen LogP contribution in [0.25, 0.3) is 0 Å². The van der Waals surface area contributed by atoms with Gasteiger partial charge in [0.05, 0.1) is 0 Å². The van der Waals surface area contributed by atoms with E-state index in [0.717, 1.165) is 6.42 Å². The second-order valence-corrected chi connectivity index (χ2v) is 8.26. The van der Waals surface area contributed by atoms with Gasteiger partial charge < -0.3 is 5.73 Å². The van der Waals surface area contributed by atoms with Crippen LogP contribution < -0.4 is 5.73 Å². The minimum Gasteiger partial charge on any atom is -0.327 e. The van der Waals surface area contributed by atoms with Gasteiger partial charge >= 0.3 is 0 Å². The summed E-state index contributed by atoms with van der Waals surface area (Å²) < 4.78 is 0. The molecule has 0 bridgehead atoms. The third kappa shape index (κ3) is 4.00. The second kappa shape index (κ2) is 5.88. The summed E-state index contributed by atoms with van der Waals surface area (Å²) in [5.74, 6) is 0.606. The normalized spacial score (nSPS) is 26.6. The highest BCUT2D eigenvalue weighted by molar-refractivity contribution is 8.00. The molecule has 1 fully saturated rings. The van der Waals surface area contributed by atoms with Gasteiger partial charge in [-0.25, -0.2) is 0 Å². The van der Waals surface area contributed by atoms with E-state index in [1.807, 2.05) is 11.8 Å². The molecule has 2 heteroatoms. The van der Waals surface area contributed by atoms with Crippen molar-refractivity contribution in [2.24, 2.45) is 11.1 Å². The van der Waals surface area contributed by atoms with Crippen molar-refractivity contribution >= 4 is 11.8 Å². The summed E-state index contributed by atoms with van der Waals surface area (Å²) in [5, 5.41) is 0.564. The molecule has 0 saturated heterocycles. The Morgan fingerprint density at radius 1 is 1.21 bits per heavy atom. The van der Waals surface area contributed by atoms with Gasteiger partial charge in [0, 0.05) is 16.2 Å². The fourth-order valence-corrected chi connectivity index (χ4v) is 4.26. The van der Waals surface area contributed by atoms with E-state index in [-0.39, 0.29) is 0 Å². The van der Waals surface area contributed by atoms with E-state index in [4.69, 9.17) is 5.73 Å². The van der Waals surface area contributed by atoms with Crippen molar-refractivity contribution in [3.63, 3.8) is 0 Å². The van der Waals surface area contributed by atoms with Crippen LogP contribution in [0.3, 0.4) is 0 Å². The predicted molar refractivity (Wildman–Crippen MR) is 85.8 cm³/mol. The van der Waals surface area contributed by atoms with Crippen LogP contribution in [0.15, 0.2) is 29.2 Å². The topological polar surface area (TPSA) is 26.0 Å².